The van der Waals surface area contributed by atoms with Gasteiger partial charge < -0.3 is 10.8 Å². The molecule has 0 aliphatic carbocycles. The molecular weight excluding hydrogens is 146 g/mol. The van der Waals surface area contributed by atoms with Crippen LogP contribution >= 0.6 is 0 Å². The topological polar surface area (TPSA) is 99.5 Å². The SMILES string of the molecule is N#CCC(N)=NCCC(=O)O. The monoisotopic (exact) mass is 155 g/mol. The third-order valence-electron chi connectivity index (χ3n) is 0.901. The summed E-state index contributed by atoms with van der Waals surface area (Å²) in [5.41, 5.74) is 5.20. The number of hydrogen-bond acceptors (Lipinski definition) is 3. The summed E-state index contributed by atoms with van der Waals surface area (Å²) < 4.78 is 0. The van der Waals surface area contributed by atoms with Crippen molar-refractivity contribution >= 4 is 11.8 Å². The number of amidine groups is 1. The molecule has 5 heteroatoms. The molecule has 60 valence electrons. The Morgan fingerprint density at radius 1 is 1.73 bits per heavy atom. The molecule has 0 rings (SSSR count). The van der Waals surface area contributed by atoms with Gasteiger partial charge in [0, 0.05) is 0 Å². The molecule has 0 amide bonds. The highest BCUT2D eigenvalue weighted by Gasteiger charge is 1.94. The second-order valence-electron chi connectivity index (χ2n) is 1.85. The van der Waals surface area contributed by atoms with Crippen molar-refractivity contribution in [3.8, 4) is 6.07 Å². The van der Waals surface area contributed by atoms with E-state index in [1.54, 1.807) is 6.07 Å². The number of aliphatic imine (C=N–C) groups is 1. The van der Waals surface area contributed by atoms with Crippen molar-refractivity contribution in [2.45, 2.75) is 12.8 Å². The van der Waals surface area contributed by atoms with Crippen LogP contribution in [0, 0.1) is 11.3 Å². The maximum Gasteiger partial charge on any atom is 0.305 e. The van der Waals surface area contributed by atoms with Crippen LogP contribution in [0.15, 0.2) is 4.99 Å². The van der Waals surface area contributed by atoms with Gasteiger partial charge in [-0.05, 0) is 0 Å². The Morgan fingerprint density at radius 2 is 2.36 bits per heavy atom. The molecule has 0 bridgehead atoms. The van der Waals surface area contributed by atoms with Gasteiger partial charge in [0.2, 0.25) is 0 Å². The van der Waals surface area contributed by atoms with Crippen LogP contribution in [0.3, 0.4) is 0 Å². The van der Waals surface area contributed by atoms with E-state index >= 15 is 0 Å². The summed E-state index contributed by atoms with van der Waals surface area (Å²) in [6, 6.07) is 1.80. The van der Waals surface area contributed by atoms with E-state index < -0.39 is 5.97 Å². The van der Waals surface area contributed by atoms with Gasteiger partial charge in [-0.3, -0.25) is 9.79 Å². The van der Waals surface area contributed by atoms with E-state index in [0.717, 1.165) is 0 Å². The highest BCUT2D eigenvalue weighted by molar-refractivity contribution is 5.82. The standard InChI is InChI=1S/C6H9N3O2/c7-3-1-5(8)9-4-2-6(10)11/h1-2,4H2,(H2,8,9)(H,10,11). The molecule has 0 radical (unpaired) electrons. The summed E-state index contributed by atoms with van der Waals surface area (Å²) in [7, 11) is 0. The van der Waals surface area contributed by atoms with Crippen molar-refractivity contribution in [3.63, 3.8) is 0 Å². The molecule has 0 spiro atoms. The predicted octanol–water partition coefficient (Wildman–Crippen LogP) is -0.268. The van der Waals surface area contributed by atoms with Gasteiger partial charge in [-0.1, -0.05) is 0 Å². The number of nitriles is 1. The second-order valence-corrected chi connectivity index (χ2v) is 1.85. The first-order valence-corrected chi connectivity index (χ1v) is 3.04. The molecular formula is C6H9N3O2. The maximum atomic E-state index is 9.96. The van der Waals surface area contributed by atoms with Gasteiger partial charge >= 0.3 is 5.97 Å². The van der Waals surface area contributed by atoms with Crippen LogP contribution in [0.25, 0.3) is 0 Å². The number of carbonyl (C=O) groups is 1. The lowest BCUT2D eigenvalue weighted by Crippen LogP contribution is -2.11. The van der Waals surface area contributed by atoms with Crippen LogP contribution in [-0.4, -0.2) is 23.5 Å². The molecule has 0 fully saturated rings. The van der Waals surface area contributed by atoms with E-state index in [1.807, 2.05) is 0 Å². The van der Waals surface area contributed by atoms with Gasteiger partial charge in [0.25, 0.3) is 0 Å². The molecule has 0 heterocycles. The van der Waals surface area contributed by atoms with Crippen molar-refractivity contribution in [2.75, 3.05) is 6.54 Å². The van der Waals surface area contributed by atoms with Gasteiger partial charge in [0.15, 0.2) is 0 Å². The number of carboxylic acid groups (broad SMARTS) is 1. The van der Waals surface area contributed by atoms with E-state index in [1.165, 1.54) is 0 Å². The molecule has 0 unspecified atom stereocenters. The second kappa shape index (κ2) is 5.23. The van der Waals surface area contributed by atoms with Crippen LogP contribution in [0.2, 0.25) is 0 Å². The predicted molar refractivity (Wildman–Crippen MR) is 39.0 cm³/mol. The van der Waals surface area contributed by atoms with Crippen molar-refractivity contribution in [1.82, 2.24) is 0 Å². The van der Waals surface area contributed by atoms with E-state index in [0.29, 0.717) is 0 Å². The first-order valence-electron chi connectivity index (χ1n) is 3.04. The summed E-state index contributed by atoms with van der Waals surface area (Å²) in [6.45, 7) is 0.142. The Labute approximate surface area is 64.1 Å². The Hall–Kier alpha value is -1.57. The highest BCUT2D eigenvalue weighted by atomic mass is 16.4. The zero-order chi connectivity index (χ0) is 8.69. The summed E-state index contributed by atoms with van der Waals surface area (Å²) in [6.07, 6.45) is 0.00570. The smallest absolute Gasteiger partial charge is 0.305 e. The average Bonchev–Trinajstić information content (AvgIpc) is 1.87. The molecule has 0 saturated heterocycles. The number of aliphatic carboxylic acids is 1. The molecule has 0 aliphatic heterocycles. The Kier molecular flexibility index (Phi) is 4.49. The van der Waals surface area contributed by atoms with E-state index in [4.69, 9.17) is 16.1 Å². The third-order valence-corrected chi connectivity index (χ3v) is 0.901. The first kappa shape index (κ1) is 9.43. The number of nitrogens with zero attached hydrogens (tertiary/aromatic N) is 2. The summed E-state index contributed by atoms with van der Waals surface area (Å²) in [5, 5.41) is 16.3. The van der Waals surface area contributed by atoms with Crippen LogP contribution in [-0.2, 0) is 4.79 Å². The van der Waals surface area contributed by atoms with E-state index in [9.17, 15) is 4.79 Å². The fourth-order valence-electron chi connectivity index (χ4n) is 0.432. The van der Waals surface area contributed by atoms with Crippen LogP contribution in [0.1, 0.15) is 12.8 Å². The molecule has 3 N–H and O–H groups in total. The van der Waals surface area contributed by atoms with E-state index in [2.05, 4.69) is 4.99 Å². The molecule has 0 aromatic rings. The zero-order valence-electron chi connectivity index (χ0n) is 5.95. The lowest BCUT2D eigenvalue weighted by molar-refractivity contribution is -0.136. The summed E-state index contributed by atoms with van der Waals surface area (Å²) >= 11 is 0. The van der Waals surface area contributed by atoms with Crippen molar-refractivity contribution in [2.24, 2.45) is 10.7 Å². The number of nitrogens with two attached hydrogens (primary N) is 1. The Balaban J connectivity index is 3.58. The van der Waals surface area contributed by atoms with Crippen LogP contribution in [0.4, 0.5) is 0 Å². The van der Waals surface area contributed by atoms with Gasteiger partial charge in [-0.15, -0.1) is 0 Å². The normalized spacial score (nSPS) is 10.6. The Morgan fingerprint density at radius 3 is 2.82 bits per heavy atom. The zero-order valence-corrected chi connectivity index (χ0v) is 5.95. The number of carboxylic acids is 1. The van der Waals surface area contributed by atoms with Crippen molar-refractivity contribution in [3.05, 3.63) is 0 Å². The summed E-state index contributed by atoms with van der Waals surface area (Å²) in [5.74, 6) is -0.729. The molecule has 0 aromatic heterocycles. The Bertz CT molecular complexity index is 204. The van der Waals surface area contributed by atoms with Gasteiger partial charge in [-0.25, -0.2) is 0 Å². The fourth-order valence-corrected chi connectivity index (χ4v) is 0.432. The quantitative estimate of drug-likeness (QED) is 0.431. The van der Waals surface area contributed by atoms with Gasteiger partial charge in [-0.2, -0.15) is 5.26 Å². The molecule has 0 aliphatic rings. The van der Waals surface area contributed by atoms with Gasteiger partial charge in [0.1, 0.15) is 5.84 Å². The molecule has 5 nitrogen and oxygen atoms in total. The minimum atomic E-state index is -0.918. The van der Waals surface area contributed by atoms with Crippen LogP contribution < -0.4 is 5.73 Å². The number of hydrogen-bond donors (Lipinski definition) is 2. The molecule has 0 aromatic carbocycles. The van der Waals surface area contributed by atoms with Crippen molar-refractivity contribution < 1.29 is 9.90 Å². The first-order chi connectivity index (χ1) is 5.16. The summed E-state index contributed by atoms with van der Waals surface area (Å²) in [4.78, 5) is 13.6. The minimum Gasteiger partial charge on any atom is -0.481 e. The fraction of sp³-hybridized carbons (Fsp3) is 0.500. The van der Waals surface area contributed by atoms with Gasteiger partial charge in [0.05, 0.1) is 25.5 Å². The molecule has 0 saturated carbocycles. The van der Waals surface area contributed by atoms with Crippen molar-refractivity contribution in [1.29, 1.82) is 5.26 Å². The number of rotatable bonds is 4. The van der Waals surface area contributed by atoms with Crippen LogP contribution in [0.5, 0.6) is 0 Å². The lowest BCUT2D eigenvalue weighted by Gasteiger charge is -1.91. The highest BCUT2D eigenvalue weighted by Crippen LogP contribution is 1.83. The third kappa shape index (κ3) is 6.31. The van der Waals surface area contributed by atoms with E-state index in [-0.39, 0.29) is 25.2 Å². The largest absolute Gasteiger partial charge is 0.481 e. The molecule has 0 atom stereocenters. The lowest BCUT2D eigenvalue weighted by atomic mass is 10.4. The maximum absolute atomic E-state index is 9.96. The minimum absolute atomic E-state index is 0.0495. The molecule has 11 heavy (non-hydrogen) atoms. The average molecular weight is 155 g/mol.